The van der Waals surface area contributed by atoms with Crippen molar-refractivity contribution in [1.29, 1.82) is 0 Å². The van der Waals surface area contributed by atoms with E-state index in [9.17, 15) is 14.7 Å². The molecular formula is C19H20ClN3O4. The van der Waals surface area contributed by atoms with Crippen LogP contribution in [-0.4, -0.2) is 28.6 Å². The molecular weight excluding hydrogens is 370 g/mol. The van der Waals surface area contributed by atoms with Crippen molar-refractivity contribution < 1.29 is 14.3 Å². The molecule has 0 aliphatic rings. The van der Waals surface area contributed by atoms with Crippen LogP contribution in [0, 0.1) is 0 Å². The number of pyridine rings is 1. The molecule has 0 saturated heterocycles. The van der Waals surface area contributed by atoms with Gasteiger partial charge in [0.05, 0.1) is 18.0 Å². The average Bonchev–Trinajstić information content (AvgIpc) is 3.05. The Bertz CT molecular complexity index is 992. The molecule has 2 aromatic heterocycles. The highest BCUT2D eigenvalue weighted by Crippen LogP contribution is 2.15. The molecule has 1 aromatic carbocycles. The molecule has 1 amide bonds. The van der Waals surface area contributed by atoms with Crippen LogP contribution in [0.2, 0.25) is 5.02 Å². The van der Waals surface area contributed by atoms with E-state index in [1.54, 1.807) is 37.3 Å². The van der Waals surface area contributed by atoms with Crippen molar-refractivity contribution in [2.24, 2.45) is 0 Å². The average molecular weight is 390 g/mol. The summed E-state index contributed by atoms with van der Waals surface area (Å²) in [6, 6.07) is 8.68. The molecule has 27 heavy (non-hydrogen) atoms. The quantitative estimate of drug-likeness (QED) is 0.495. The monoisotopic (exact) mass is 389 g/mol. The van der Waals surface area contributed by atoms with Gasteiger partial charge in [-0.25, -0.2) is 0 Å². The molecule has 0 spiro atoms. The number of fused-ring (bicyclic) bond motifs is 1. The number of furan rings is 1. The normalized spacial score (nSPS) is 12.3. The van der Waals surface area contributed by atoms with Crippen molar-refractivity contribution in [1.82, 2.24) is 15.6 Å². The van der Waals surface area contributed by atoms with E-state index >= 15 is 0 Å². The lowest BCUT2D eigenvalue weighted by Gasteiger charge is -2.05. The zero-order chi connectivity index (χ0) is 19.4. The molecule has 0 saturated carbocycles. The Balaban J connectivity index is 1.72. The van der Waals surface area contributed by atoms with Gasteiger partial charge in [0.2, 0.25) is 11.1 Å². The van der Waals surface area contributed by atoms with Gasteiger partial charge in [-0.05, 0) is 30.7 Å². The smallest absolute Gasteiger partial charge is 0.257 e. The lowest BCUT2D eigenvalue weighted by molar-refractivity contribution is 0.0949. The summed E-state index contributed by atoms with van der Waals surface area (Å²) in [5, 5.41) is 15.9. The topological polar surface area (TPSA) is 107 Å². The first-order chi connectivity index (χ1) is 12.9. The van der Waals surface area contributed by atoms with E-state index in [0.717, 1.165) is 5.56 Å². The molecule has 4 N–H and O–H groups in total. The third kappa shape index (κ3) is 4.77. The first-order valence-electron chi connectivity index (χ1n) is 8.49. The van der Waals surface area contributed by atoms with Crippen LogP contribution in [0.3, 0.4) is 0 Å². The predicted octanol–water partition coefficient (Wildman–Crippen LogP) is 2.17. The van der Waals surface area contributed by atoms with E-state index in [2.05, 4.69) is 15.6 Å². The van der Waals surface area contributed by atoms with Crippen LogP contribution in [0.1, 0.15) is 28.6 Å². The predicted molar refractivity (Wildman–Crippen MR) is 103 cm³/mol. The highest BCUT2D eigenvalue weighted by Gasteiger charge is 2.16. The van der Waals surface area contributed by atoms with Crippen LogP contribution >= 0.6 is 11.6 Å². The summed E-state index contributed by atoms with van der Waals surface area (Å²) in [5.74, 6) is 0.0702. The summed E-state index contributed by atoms with van der Waals surface area (Å²) in [4.78, 5) is 27.8. The summed E-state index contributed by atoms with van der Waals surface area (Å²) >= 11 is 5.84. The van der Waals surface area contributed by atoms with Crippen LogP contribution in [0.25, 0.3) is 11.1 Å². The van der Waals surface area contributed by atoms with E-state index < -0.39 is 17.4 Å². The highest BCUT2D eigenvalue weighted by atomic mass is 35.5. The summed E-state index contributed by atoms with van der Waals surface area (Å²) in [5.41, 5.74) is 0.798. The van der Waals surface area contributed by atoms with Gasteiger partial charge >= 0.3 is 0 Å². The van der Waals surface area contributed by atoms with Crippen LogP contribution in [0.5, 0.6) is 0 Å². The molecule has 142 valence electrons. The minimum atomic E-state index is -0.480. The Morgan fingerprint density at radius 3 is 2.74 bits per heavy atom. The lowest BCUT2D eigenvalue weighted by atomic mass is 10.2. The summed E-state index contributed by atoms with van der Waals surface area (Å²) < 4.78 is 5.56. The number of carbonyl (C=O) groups excluding carboxylic acids is 1. The lowest BCUT2D eigenvalue weighted by Crippen LogP contribution is -2.28. The second kappa shape index (κ2) is 8.39. The number of hydrogen-bond acceptors (Lipinski definition) is 5. The molecule has 0 aliphatic heterocycles. The molecule has 8 heteroatoms. The number of H-pyrrole nitrogens is 1. The second-order valence-corrected chi connectivity index (χ2v) is 6.71. The molecule has 1 atom stereocenters. The van der Waals surface area contributed by atoms with Gasteiger partial charge in [0.15, 0.2) is 0 Å². The number of benzene rings is 1. The molecule has 0 bridgehead atoms. The molecule has 0 aliphatic carbocycles. The second-order valence-electron chi connectivity index (χ2n) is 6.28. The standard InChI is InChI=1S/C19H20ClN3O4/c1-11(24)7-21-9-14-6-15-17(25)16(10-23-19(15)27-14)18(26)22-8-12-2-4-13(20)5-3-12/h2-6,10-11,21,24H,7-9H2,1H3,(H,22,26)(H,23,25). The van der Waals surface area contributed by atoms with E-state index in [-0.39, 0.29) is 12.1 Å². The van der Waals surface area contributed by atoms with Crippen molar-refractivity contribution in [3.05, 3.63) is 68.7 Å². The van der Waals surface area contributed by atoms with E-state index in [1.807, 2.05) is 0 Å². The molecule has 0 fully saturated rings. The molecule has 7 nitrogen and oxygen atoms in total. The summed E-state index contributed by atoms with van der Waals surface area (Å²) in [6.07, 6.45) is 0.866. The van der Waals surface area contributed by atoms with Crippen molar-refractivity contribution in [3.63, 3.8) is 0 Å². The van der Waals surface area contributed by atoms with Gasteiger partial charge in [-0.15, -0.1) is 0 Å². The van der Waals surface area contributed by atoms with Gasteiger partial charge in [0.25, 0.3) is 5.91 Å². The zero-order valence-corrected chi connectivity index (χ0v) is 15.5. The van der Waals surface area contributed by atoms with Gasteiger partial charge in [-0.1, -0.05) is 23.7 Å². The largest absolute Gasteiger partial charge is 0.443 e. The SMILES string of the molecule is CC(O)CNCc1cc2c(=O)c(C(=O)NCc3ccc(Cl)cc3)c[nH]c2o1. The summed E-state index contributed by atoms with van der Waals surface area (Å²) in [6.45, 7) is 2.73. The number of aliphatic hydroxyl groups is 1. The summed E-state index contributed by atoms with van der Waals surface area (Å²) in [7, 11) is 0. The third-order valence-electron chi connectivity index (χ3n) is 3.97. The molecule has 2 heterocycles. The fraction of sp³-hybridized carbons (Fsp3) is 0.263. The van der Waals surface area contributed by atoms with Gasteiger partial charge in [0, 0.05) is 24.3 Å². The Labute approximate surface area is 160 Å². The Morgan fingerprint density at radius 1 is 1.30 bits per heavy atom. The maximum atomic E-state index is 12.6. The van der Waals surface area contributed by atoms with E-state index in [4.69, 9.17) is 16.0 Å². The molecule has 3 rings (SSSR count). The molecule has 0 radical (unpaired) electrons. The molecule has 3 aromatic rings. The van der Waals surface area contributed by atoms with Crippen molar-refractivity contribution in [2.45, 2.75) is 26.1 Å². The van der Waals surface area contributed by atoms with Crippen molar-refractivity contribution in [3.8, 4) is 0 Å². The van der Waals surface area contributed by atoms with Crippen LogP contribution in [0.4, 0.5) is 0 Å². The number of aromatic nitrogens is 1. The van der Waals surface area contributed by atoms with Crippen LogP contribution in [0.15, 0.2) is 45.7 Å². The maximum Gasteiger partial charge on any atom is 0.257 e. The van der Waals surface area contributed by atoms with E-state index in [1.165, 1.54) is 6.20 Å². The van der Waals surface area contributed by atoms with Gasteiger partial charge in [-0.3, -0.25) is 9.59 Å². The maximum absolute atomic E-state index is 12.6. The van der Waals surface area contributed by atoms with Gasteiger partial charge in [0.1, 0.15) is 11.3 Å². The zero-order valence-electron chi connectivity index (χ0n) is 14.7. The number of carbonyl (C=O) groups is 1. The fourth-order valence-corrected chi connectivity index (χ4v) is 2.73. The van der Waals surface area contributed by atoms with Gasteiger partial charge < -0.3 is 25.1 Å². The number of nitrogens with one attached hydrogen (secondary N) is 3. The Hall–Kier alpha value is -2.61. The number of hydrogen-bond donors (Lipinski definition) is 4. The highest BCUT2D eigenvalue weighted by molar-refractivity contribution is 6.30. The first-order valence-corrected chi connectivity index (χ1v) is 8.87. The van der Waals surface area contributed by atoms with Crippen molar-refractivity contribution in [2.75, 3.05) is 6.54 Å². The third-order valence-corrected chi connectivity index (χ3v) is 4.22. The number of aliphatic hydroxyl groups excluding tert-OH is 1. The number of aromatic amines is 1. The number of halogens is 1. The van der Waals surface area contributed by atoms with E-state index in [0.29, 0.717) is 35.0 Å². The Kier molecular flexibility index (Phi) is 5.95. The van der Waals surface area contributed by atoms with Crippen molar-refractivity contribution >= 4 is 28.6 Å². The van der Waals surface area contributed by atoms with Crippen LogP contribution < -0.4 is 16.1 Å². The Morgan fingerprint density at radius 2 is 2.04 bits per heavy atom. The minimum absolute atomic E-state index is 0.0146. The minimum Gasteiger partial charge on any atom is -0.443 e. The fourth-order valence-electron chi connectivity index (χ4n) is 2.61. The molecule has 1 unspecified atom stereocenters. The number of rotatable bonds is 7. The van der Waals surface area contributed by atoms with Crippen LogP contribution in [-0.2, 0) is 13.1 Å². The van der Waals surface area contributed by atoms with Gasteiger partial charge in [-0.2, -0.15) is 0 Å². The first kappa shape index (κ1) is 19.2. The number of amides is 1.